The summed E-state index contributed by atoms with van der Waals surface area (Å²) in [7, 11) is 0. The minimum atomic E-state index is -0.637. The molecule has 0 bridgehead atoms. The van der Waals surface area contributed by atoms with Gasteiger partial charge in [-0.2, -0.15) is 0 Å². The van der Waals surface area contributed by atoms with Crippen LogP contribution in [0.25, 0.3) is 0 Å². The lowest BCUT2D eigenvalue weighted by Crippen LogP contribution is -2.07. The highest BCUT2D eigenvalue weighted by molar-refractivity contribution is 5.70. The number of rotatable bonds is 3. The number of carboxylic acids is 2. The maximum atomic E-state index is 10.2. The van der Waals surface area contributed by atoms with Gasteiger partial charge in [0, 0.05) is 6.42 Å². The highest BCUT2D eigenvalue weighted by Crippen LogP contribution is 2.27. The lowest BCUT2D eigenvalue weighted by atomic mass is 10.1. The van der Waals surface area contributed by atoms with Crippen LogP contribution in [-0.4, -0.2) is 22.2 Å². The van der Waals surface area contributed by atoms with E-state index in [0.717, 1.165) is 38.5 Å². The molecule has 2 rings (SSSR count). The summed E-state index contributed by atoms with van der Waals surface area (Å²) in [6.07, 6.45) is 9.13. The molecule has 2 aliphatic rings. The van der Waals surface area contributed by atoms with Crippen molar-refractivity contribution in [2.45, 2.75) is 57.8 Å². The quantitative estimate of drug-likeness (QED) is 0.798. The highest BCUT2D eigenvalue weighted by Gasteiger charge is 2.21. The van der Waals surface area contributed by atoms with Gasteiger partial charge in [0.1, 0.15) is 0 Å². The first-order valence-electron chi connectivity index (χ1n) is 6.54. The fourth-order valence-electron chi connectivity index (χ4n) is 2.63. The number of carbonyl (C=O) groups is 2. The predicted molar refractivity (Wildman–Crippen MR) is 63.8 cm³/mol. The predicted octanol–water partition coefficient (Wildman–Crippen LogP) is 2.91. The molecule has 0 spiro atoms. The Morgan fingerprint density at radius 2 is 1.35 bits per heavy atom. The van der Waals surface area contributed by atoms with Crippen LogP contribution in [0.1, 0.15) is 57.8 Å². The minimum Gasteiger partial charge on any atom is -0.481 e. The molecule has 0 heterocycles. The average molecular weight is 242 g/mol. The van der Waals surface area contributed by atoms with Gasteiger partial charge in [-0.3, -0.25) is 9.59 Å². The van der Waals surface area contributed by atoms with E-state index >= 15 is 0 Å². The number of hydrogen-bond donors (Lipinski definition) is 2. The van der Waals surface area contributed by atoms with Gasteiger partial charge in [-0.05, 0) is 31.6 Å². The Balaban J connectivity index is 0.000000171. The van der Waals surface area contributed by atoms with Crippen LogP contribution in [0, 0.1) is 11.8 Å². The third-order valence-electron chi connectivity index (χ3n) is 3.64. The topological polar surface area (TPSA) is 74.6 Å². The zero-order valence-corrected chi connectivity index (χ0v) is 10.2. The number of aliphatic carboxylic acids is 2. The van der Waals surface area contributed by atoms with Gasteiger partial charge in [-0.25, -0.2) is 0 Å². The van der Waals surface area contributed by atoms with E-state index in [4.69, 9.17) is 10.2 Å². The Morgan fingerprint density at radius 3 is 1.71 bits per heavy atom. The standard InChI is InChI=1S/C7H12O2.C6H10O2/c8-7(9)5-6-3-1-2-4-6;7-6(8)5-3-1-2-4-5/h6H,1-5H2,(H,8,9);5H,1-4H2,(H,7,8). The van der Waals surface area contributed by atoms with E-state index in [2.05, 4.69) is 0 Å². The molecule has 17 heavy (non-hydrogen) atoms. The minimum absolute atomic E-state index is 0.0185. The Morgan fingerprint density at radius 1 is 0.882 bits per heavy atom. The lowest BCUT2D eigenvalue weighted by Gasteiger charge is -2.01. The van der Waals surface area contributed by atoms with Crippen LogP contribution < -0.4 is 0 Å². The summed E-state index contributed by atoms with van der Waals surface area (Å²) in [6.45, 7) is 0. The summed E-state index contributed by atoms with van der Waals surface area (Å²) in [4.78, 5) is 20.4. The first kappa shape index (κ1) is 14.0. The van der Waals surface area contributed by atoms with Crippen LogP contribution in [-0.2, 0) is 9.59 Å². The summed E-state index contributed by atoms with van der Waals surface area (Å²) < 4.78 is 0. The van der Waals surface area contributed by atoms with Crippen LogP contribution in [0.3, 0.4) is 0 Å². The van der Waals surface area contributed by atoms with E-state index in [-0.39, 0.29) is 5.92 Å². The van der Waals surface area contributed by atoms with Gasteiger partial charge >= 0.3 is 11.9 Å². The zero-order chi connectivity index (χ0) is 12.7. The van der Waals surface area contributed by atoms with Crippen molar-refractivity contribution in [2.24, 2.45) is 11.8 Å². The molecule has 0 aliphatic heterocycles. The van der Waals surface area contributed by atoms with Crippen molar-refractivity contribution in [1.29, 1.82) is 0 Å². The molecule has 4 nitrogen and oxygen atoms in total. The normalized spacial score (nSPS) is 20.9. The molecule has 98 valence electrons. The van der Waals surface area contributed by atoms with Crippen molar-refractivity contribution in [3.05, 3.63) is 0 Å². The smallest absolute Gasteiger partial charge is 0.306 e. The molecule has 0 amide bonds. The second kappa shape index (κ2) is 7.30. The second-order valence-corrected chi connectivity index (χ2v) is 5.07. The van der Waals surface area contributed by atoms with Crippen molar-refractivity contribution >= 4 is 11.9 Å². The summed E-state index contributed by atoms with van der Waals surface area (Å²) in [5.74, 6) is -0.776. The van der Waals surface area contributed by atoms with Crippen LogP contribution in [0.4, 0.5) is 0 Å². The van der Waals surface area contributed by atoms with Crippen molar-refractivity contribution in [3.8, 4) is 0 Å². The van der Waals surface area contributed by atoms with Crippen LogP contribution in [0.15, 0.2) is 0 Å². The third-order valence-corrected chi connectivity index (χ3v) is 3.64. The van der Waals surface area contributed by atoms with E-state index in [0.29, 0.717) is 12.3 Å². The summed E-state index contributed by atoms with van der Waals surface area (Å²) in [6, 6.07) is 0. The third kappa shape index (κ3) is 5.71. The lowest BCUT2D eigenvalue weighted by molar-refractivity contribution is -0.141. The molecule has 0 aromatic carbocycles. The summed E-state index contributed by atoms with van der Waals surface area (Å²) >= 11 is 0. The molecule has 0 unspecified atom stereocenters. The Labute approximate surface area is 102 Å². The van der Waals surface area contributed by atoms with Gasteiger partial charge in [0.25, 0.3) is 0 Å². The first-order chi connectivity index (χ1) is 8.09. The Kier molecular flexibility index (Phi) is 6.01. The second-order valence-electron chi connectivity index (χ2n) is 5.07. The van der Waals surface area contributed by atoms with E-state index in [1.54, 1.807) is 0 Å². The van der Waals surface area contributed by atoms with Gasteiger partial charge in [-0.1, -0.05) is 25.7 Å². The average Bonchev–Trinajstić information content (AvgIpc) is 2.87. The maximum absolute atomic E-state index is 10.2. The first-order valence-corrected chi connectivity index (χ1v) is 6.54. The van der Waals surface area contributed by atoms with Gasteiger partial charge in [-0.15, -0.1) is 0 Å². The molecular weight excluding hydrogens is 220 g/mol. The van der Waals surface area contributed by atoms with Crippen molar-refractivity contribution in [1.82, 2.24) is 0 Å². The van der Waals surface area contributed by atoms with E-state index in [9.17, 15) is 9.59 Å². The van der Waals surface area contributed by atoms with Gasteiger partial charge < -0.3 is 10.2 Å². The molecule has 0 aromatic rings. The van der Waals surface area contributed by atoms with E-state index < -0.39 is 11.9 Å². The molecule has 0 atom stereocenters. The van der Waals surface area contributed by atoms with Gasteiger partial charge in [0.15, 0.2) is 0 Å². The molecule has 4 heteroatoms. The largest absolute Gasteiger partial charge is 0.481 e. The van der Waals surface area contributed by atoms with Crippen molar-refractivity contribution < 1.29 is 19.8 Å². The molecular formula is C13H22O4. The molecule has 2 fully saturated rings. The van der Waals surface area contributed by atoms with Gasteiger partial charge in [0.05, 0.1) is 5.92 Å². The zero-order valence-electron chi connectivity index (χ0n) is 10.2. The fourth-order valence-corrected chi connectivity index (χ4v) is 2.63. The maximum Gasteiger partial charge on any atom is 0.306 e. The fraction of sp³-hybridized carbons (Fsp3) is 0.846. The van der Waals surface area contributed by atoms with Crippen LogP contribution >= 0.6 is 0 Å². The van der Waals surface area contributed by atoms with Gasteiger partial charge in [0.2, 0.25) is 0 Å². The van der Waals surface area contributed by atoms with Crippen molar-refractivity contribution in [3.63, 3.8) is 0 Å². The van der Waals surface area contributed by atoms with Crippen molar-refractivity contribution in [2.75, 3.05) is 0 Å². The van der Waals surface area contributed by atoms with E-state index in [1.165, 1.54) is 12.8 Å². The molecule has 0 aromatic heterocycles. The van der Waals surface area contributed by atoms with E-state index in [1.807, 2.05) is 0 Å². The Hall–Kier alpha value is -1.06. The Bertz CT molecular complexity index is 250. The summed E-state index contributed by atoms with van der Waals surface area (Å²) in [5, 5.41) is 16.8. The molecule has 2 aliphatic carbocycles. The monoisotopic (exact) mass is 242 g/mol. The molecule has 0 saturated heterocycles. The number of hydrogen-bond acceptors (Lipinski definition) is 2. The molecule has 2 saturated carbocycles. The number of carboxylic acid groups (broad SMARTS) is 2. The van der Waals surface area contributed by atoms with Crippen LogP contribution in [0.2, 0.25) is 0 Å². The van der Waals surface area contributed by atoms with Crippen LogP contribution in [0.5, 0.6) is 0 Å². The SMILES string of the molecule is O=C(O)C1CCCC1.O=C(O)CC1CCCC1. The molecule has 2 N–H and O–H groups in total. The molecule has 0 radical (unpaired) electrons. The highest BCUT2D eigenvalue weighted by atomic mass is 16.4. The summed E-state index contributed by atoms with van der Waals surface area (Å²) in [5.41, 5.74) is 0.